The number of thiophene rings is 1. The minimum Gasteiger partial charge on any atom is -0.337 e. The summed E-state index contributed by atoms with van der Waals surface area (Å²) in [6.07, 6.45) is 0.828. The van der Waals surface area contributed by atoms with Crippen molar-refractivity contribution in [2.75, 3.05) is 18.8 Å². The van der Waals surface area contributed by atoms with E-state index in [2.05, 4.69) is 11.4 Å². The molecule has 2 atom stereocenters. The highest BCUT2D eigenvalue weighted by atomic mass is 32.2. The zero-order valence-corrected chi connectivity index (χ0v) is 15.6. The smallest absolute Gasteiger partial charge is 0.293 e. The van der Waals surface area contributed by atoms with Crippen molar-refractivity contribution in [1.82, 2.24) is 10.1 Å². The Morgan fingerprint density at radius 3 is 2.88 bits per heavy atom. The normalized spacial score (nSPS) is 25.2. The van der Waals surface area contributed by atoms with Crippen LogP contribution in [-0.2, 0) is 10.3 Å². The summed E-state index contributed by atoms with van der Waals surface area (Å²) in [4.78, 5) is 31.6. The lowest BCUT2D eigenvalue weighted by Crippen LogP contribution is -2.42. The molecule has 4 rings (SSSR count). The number of aliphatic imine (C=N–C) groups is 1. The van der Waals surface area contributed by atoms with Crippen LogP contribution in [0.2, 0.25) is 0 Å². The van der Waals surface area contributed by atoms with Crippen LogP contribution in [0.25, 0.3) is 0 Å². The first kappa shape index (κ1) is 17.5. The maximum absolute atomic E-state index is 12.5. The van der Waals surface area contributed by atoms with Gasteiger partial charge in [0.2, 0.25) is 0 Å². The first-order valence-corrected chi connectivity index (χ1v) is 10.2. The Balaban J connectivity index is 1.63. The highest BCUT2D eigenvalue weighted by Crippen LogP contribution is 2.46. The summed E-state index contributed by atoms with van der Waals surface area (Å²) < 4.78 is 0. The van der Waals surface area contributed by atoms with Gasteiger partial charge in [0.1, 0.15) is 5.54 Å². The van der Waals surface area contributed by atoms with Crippen LogP contribution in [0, 0.1) is 5.92 Å². The van der Waals surface area contributed by atoms with E-state index in [4.69, 9.17) is 4.99 Å². The quantitative estimate of drug-likeness (QED) is 0.651. The molecule has 1 amide bonds. The van der Waals surface area contributed by atoms with Gasteiger partial charge in [-0.05, 0) is 30.1 Å². The summed E-state index contributed by atoms with van der Waals surface area (Å²) >= 11 is 3.25. The predicted molar refractivity (Wildman–Crippen MR) is 107 cm³/mol. The van der Waals surface area contributed by atoms with E-state index >= 15 is 0 Å². The van der Waals surface area contributed by atoms with Gasteiger partial charge in [-0.25, -0.2) is 4.99 Å². The van der Waals surface area contributed by atoms with Crippen molar-refractivity contribution >= 4 is 47.8 Å². The van der Waals surface area contributed by atoms with E-state index in [0.29, 0.717) is 23.2 Å². The Bertz CT molecular complexity index is 828. The van der Waals surface area contributed by atoms with Crippen LogP contribution in [0.3, 0.4) is 0 Å². The SMILES string of the molecule is O=C[B]N1C[C@H]2CSC(NC(=O)c3ccccc3)=N[C@@]2(c2cccs2)C1. The zero-order chi connectivity index (χ0) is 18.0. The van der Waals surface area contributed by atoms with Crippen molar-refractivity contribution in [2.45, 2.75) is 5.54 Å². The van der Waals surface area contributed by atoms with E-state index in [1.807, 2.05) is 34.5 Å². The van der Waals surface area contributed by atoms with Crippen molar-refractivity contribution in [3.63, 3.8) is 0 Å². The van der Waals surface area contributed by atoms with E-state index in [0.717, 1.165) is 18.5 Å². The van der Waals surface area contributed by atoms with Crippen LogP contribution in [0.5, 0.6) is 0 Å². The third-order valence-electron chi connectivity index (χ3n) is 4.77. The number of fused-ring (bicyclic) bond motifs is 1. The molecule has 1 aromatic carbocycles. The molecular formula is C18H17BN3O2S2. The van der Waals surface area contributed by atoms with Crippen LogP contribution in [-0.4, -0.2) is 48.3 Å². The molecule has 1 radical (unpaired) electrons. The fraction of sp³-hybridized carbons (Fsp3) is 0.278. The lowest BCUT2D eigenvalue weighted by molar-refractivity contribution is 0.0977. The molecule has 1 N–H and O–H groups in total. The first-order valence-electron chi connectivity index (χ1n) is 8.37. The van der Waals surface area contributed by atoms with Crippen molar-refractivity contribution in [3.05, 3.63) is 58.3 Å². The molecule has 0 saturated carbocycles. The largest absolute Gasteiger partial charge is 0.337 e. The summed E-state index contributed by atoms with van der Waals surface area (Å²) in [5, 5.41) is 5.66. The number of thioether (sulfide) groups is 1. The Kier molecular flexibility index (Phi) is 4.97. The molecule has 2 aromatic rings. The lowest BCUT2D eigenvalue weighted by atomic mass is 9.87. The van der Waals surface area contributed by atoms with Crippen LogP contribution in [0.4, 0.5) is 0 Å². The van der Waals surface area contributed by atoms with Gasteiger partial charge in [0.15, 0.2) is 5.17 Å². The van der Waals surface area contributed by atoms with Gasteiger partial charge in [-0.2, -0.15) is 0 Å². The summed E-state index contributed by atoms with van der Waals surface area (Å²) in [5.41, 5.74) is 0.212. The summed E-state index contributed by atoms with van der Waals surface area (Å²) in [5.74, 6) is 1.01. The average molecular weight is 382 g/mol. The fourth-order valence-corrected chi connectivity index (χ4v) is 5.60. The van der Waals surface area contributed by atoms with E-state index in [1.54, 1.807) is 42.6 Å². The third-order valence-corrected chi connectivity index (χ3v) is 6.85. The second-order valence-corrected chi connectivity index (χ2v) is 8.32. The van der Waals surface area contributed by atoms with Crippen LogP contribution in [0.1, 0.15) is 15.2 Å². The van der Waals surface area contributed by atoms with Crippen LogP contribution in [0.15, 0.2) is 52.8 Å². The molecule has 131 valence electrons. The van der Waals surface area contributed by atoms with E-state index < -0.39 is 5.54 Å². The molecule has 0 spiro atoms. The predicted octanol–water partition coefficient (Wildman–Crippen LogP) is 2.22. The molecule has 26 heavy (non-hydrogen) atoms. The summed E-state index contributed by atoms with van der Waals surface area (Å²) in [6.45, 7) is 1.45. The average Bonchev–Trinajstić information content (AvgIpc) is 3.30. The minimum absolute atomic E-state index is 0.147. The van der Waals surface area contributed by atoms with E-state index in [1.165, 1.54) is 4.88 Å². The molecule has 3 heterocycles. The van der Waals surface area contributed by atoms with Gasteiger partial charge < -0.3 is 14.9 Å². The van der Waals surface area contributed by atoms with Gasteiger partial charge in [-0.15, -0.1) is 11.3 Å². The Labute approximate surface area is 161 Å². The van der Waals surface area contributed by atoms with Crippen molar-refractivity contribution in [2.24, 2.45) is 10.9 Å². The molecule has 0 unspecified atom stereocenters. The van der Waals surface area contributed by atoms with E-state index in [9.17, 15) is 9.59 Å². The number of hydrogen-bond acceptors (Lipinski definition) is 6. The first-order chi connectivity index (χ1) is 12.7. The van der Waals surface area contributed by atoms with Crippen LogP contribution < -0.4 is 5.32 Å². The Morgan fingerprint density at radius 2 is 2.15 bits per heavy atom. The Hall–Kier alpha value is -1.90. The van der Waals surface area contributed by atoms with Gasteiger partial charge in [0.05, 0.1) is 6.19 Å². The molecule has 1 saturated heterocycles. The fourth-order valence-electron chi connectivity index (χ4n) is 3.53. The number of nitrogens with zero attached hydrogens (tertiary/aromatic N) is 2. The molecular weight excluding hydrogens is 365 g/mol. The van der Waals surface area contributed by atoms with Gasteiger partial charge >= 0.3 is 0 Å². The molecule has 1 aromatic heterocycles. The number of amidine groups is 1. The molecule has 2 aliphatic rings. The topological polar surface area (TPSA) is 61.8 Å². The van der Waals surface area contributed by atoms with Crippen molar-refractivity contribution in [3.8, 4) is 0 Å². The van der Waals surface area contributed by atoms with Gasteiger partial charge in [-0.1, -0.05) is 36.0 Å². The van der Waals surface area contributed by atoms with Gasteiger partial charge in [0.25, 0.3) is 13.3 Å². The monoisotopic (exact) mass is 382 g/mol. The number of nitrogens with one attached hydrogen (secondary N) is 1. The second-order valence-electron chi connectivity index (χ2n) is 6.36. The van der Waals surface area contributed by atoms with Gasteiger partial charge in [-0.3, -0.25) is 4.79 Å². The van der Waals surface area contributed by atoms with Crippen molar-refractivity contribution in [1.29, 1.82) is 0 Å². The van der Waals surface area contributed by atoms with Crippen LogP contribution >= 0.6 is 23.1 Å². The molecule has 5 nitrogen and oxygen atoms in total. The number of amides is 1. The molecule has 2 aliphatic heterocycles. The number of rotatable bonds is 4. The molecule has 0 bridgehead atoms. The maximum atomic E-state index is 12.5. The second kappa shape index (κ2) is 7.38. The lowest BCUT2D eigenvalue weighted by Gasteiger charge is -2.34. The summed E-state index contributed by atoms with van der Waals surface area (Å²) in [7, 11) is 1.59. The summed E-state index contributed by atoms with van der Waals surface area (Å²) in [6, 6.07) is 13.3. The number of hydrogen-bond donors (Lipinski definition) is 1. The highest BCUT2D eigenvalue weighted by molar-refractivity contribution is 8.13. The maximum Gasteiger partial charge on any atom is 0.293 e. The number of carbonyl (C=O) groups excluding carboxylic acids is 2. The molecule has 1 fully saturated rings. The number of benzene rings is 1. The van der Waals surface area contributed by atoms with Gasteiger partial charge in [0, 0.05) is 28.7 Å². The third kappa shape index (κ3) is 3.24. The standard InChI is InChI=1S/C18H17BN3O2S2/c23-12-19-22-9-14-10-26-17(20-16(24)13-5-2-1-3-6-13)21-18(14,11-22)15-7-4-8-25-15/h1-8,12,14H,9-11H2,(H,20,21,24)/t14-,18-/m0/s1. The number of carbonyl (C=O) groups is 2. The molecule has 0 aliphatic carbocycles. The highest BCUT2D eigenvalue weighted by Gasteiger charge is 2.50. The minimum atomic E-state index is -0.405. The van der Waals surface area contributed by atoms with Crippen molar-refractivity contribution < 1.29 is 9.59 Å². The van der Waals surface area contributed by atoms with E-state index in [-0.39, 0.29) is 5.91 Å². The molecule has 8 heteroatoms. The zero-order valence-electron chi connectivity index (χ0n) is 14.0. The Morgan fingerprint density at radius 1 is 1.31 bits per heavy atom.